The fourth-order valence-electron chi connectivity index (χ4n) is 1.05. The minimum atomic E-state index is -2.94. The highest BCUT2D eigenvalue weighted by atomic mass is 32.2. The van der Waals surface area contributed by atoms with Crippen LogP contribution in [0.1, 0.15) is 40.5 Å². The molecule has 0 spiro atoms. The van der Waals surface area contributed by atoms with Gasteiger partial charge in [0.2, 0.25) is 0 Å². The first-order valence-corrected chi connectivity index (χ1v) is 6.78. The van der Waals surface area contributed by atoms with Crippen molar-refractivity contribution >= 4 is 9.84 Å². The summed E-state index contributed by atoms with van der Waals surface area (Å²) in [7, 11) is -2.94. The molecule has 0 amide bonds. The summed E-state index contributed by atoms with van der Waals surface area (Å²) in [5.74, 6) is 0.700. The third kappa shape index (κ3) is 4.42. The first-order chi connectivity index (χ1) is 6.20. The van der Waals surface area contributed by atoms with Gasteiger partial charge in [-0.1, -0.05) is 6.92 Å². The molecule has 0 aromatic heterocycles. The van der Waals surface area contributed by atoms with Crippen LogP contribution in [0.5, 0.6) is 0 Å². The summed E-state index contributed by atoms with van der Waals surface area (Å²) in [6.45, 7) is 7.91. The Morgan fingerprint density at radius 1 is 1.29 bits per heavy atom. The summed E-state index contributed by atoms with van der Waals surface area (Å²) < 4.78 is 22.8. The molecule has 0 saturated carbocycles. The molecule has 3 nitrogen and oxygen atoms in total. The maximum Gasteiger partial charge on any atom is 0.155 e. The van der Waals surface area contributed by atoms with E-state index in [1.54, 1.807) is 20.8 Å². The molecule has 0 bridgehead atoms. The second kappa shape index (κ2) is 5.12. The van der Waals surface area contributed by atoms with Crippen LogP contribution in [0.4, 0.5) is 0 Å². The van der Waals surface area contributed by atoms with Gasteiger partial charge < -0.3 is 5.73 Å². The minimum absolute atomic E-state index is 0.279. The number of hydrogen-bond acceptors (Lipinski definition) is 3. The van der Waals surface area contributed by atoms with Gasteiger partial charge >= 0.3 is 0 Å². The lowest BCUT2D eigenvalue weighted by molar-refractivity contribution is 0.521. The van der Waals surface area contributed by atoms with Crippen LogP contribution in [0.25, 0.3) is 0 Å². The fraction of sp³-hybridized carbons (Fsp3) is 1.00. The zero-order valence-electron chi connectivity index (χ0n) is 9.71. The van der Waals surface area contributed by atoms with Gasteiger partial charge in [-0.2, -0.15) is 0 Å². The molecule has 0 heterocycles. The van der Waals surface area contributed by atoms with Crippen LogP contribution in [-0.2, 0) is 9.84 Å². The molecule has 0 radical (unpaired) electrons. The monoisotopic (exact) mass is 221 g/mol. The molecule has 0 aromatic carbocycles. The molecule has 0 aliphatic rings. The Morgan fingerprint density at radius 3 is 2.14 bits per heavy atom. The van der Waals surface area contributed by atoms with Crippen molar-refractivity contribution in [1.29, 1.82) is 0 Å². The number of nitrogens with two attached hydrogens (primary N) is 1. The lowest BCUT2D eigenvalue weighted by Crippen LogP contribution is -2.30. The normalized spacial score (nSPS) is 15.5. The standard InChI is InChI=1S/C10H23NO2S/c1-9(8-11)6-5-7-14(12,13)10(2,3)4/h9H,5-8,11H2,1-4H3. The molecule has 1 unspecified atom stereocenters. The van der Waals surface area contributed by atoms with Crippen LogP contribution in [-0.4, -0.2) is 25.5 Å². The summed E-state index contributed by atoms with van der Waals surface area (Å²) >= 11 is 0. The Bertz CT molecular complexity index is 252. The predicted molar refractivity (Wildman–Crippen MR) is 61.0 cm³/mol. The molecular formula is C10H23NO2S. The lowest BCUT2D eigenvalue weighted by Gasteiger charge is -2.19. The van der Waals surface area contributed by atoms with Gasteiger partial charge in [-0.3, -0.25) is 0 Å². The third-order valence-electron chi connectivity index (χ3n) is 2.45. The molecule has 0 saturated heterocycles. The summed E-state index contributed by atoms with van der Waals surface area (Å²) in [6, 6.07) is 0. The van der Waals surface area contributed by atoms with Gasteiger partial charge in [0.1, 0.15) is 0 Å². The average Bonchev–Trinajstić information content (AvgIpc) is 2.01. The van der Waals surface area contributed by atoms with Crippen LogP contribution in [0.2, 0.25) is 0 Å². The van der Waals surface area contributed by atoms with Crippen molar-refractivity contribution in [1.82, 2.24) is 0 Å². The van der Waals surface area contributed by atoms with Crippen molar-refractivity contribution in [2.24, 2.45) is 11.7 Å². The van der Waals surface area contributed by atoms with Crippen molar-refractivity contribution in [3.8, 4) is 0 Å². The highest BCUT2D eigenvalue weighted by Gasteiger charge is 2.28. The van der Waals surface area contributed by atoms with Gasteiger partial charge in [0, 0.05) is 0 Å². The molecule has 0 aromatic rings. The molecular weight excluding hydrogens is 198 g/mol. The van der Waals surface area contributed by atoms with E-state index < -0.39 is 14.6 Å². The molecule has 0 aliphatic carbocycles. The topological polar surface area (TPSA) is 60.2 Å². The summed E-state index contributed by atoms with van der Waals surface area (Å²) in [6.07, 6.45) is 1.61. The second-order valence-corrected chi connectivity index (χ2v) is 7.78. The smallest absolute Gasteiger partial charge is 0.155 e. The Balaban J connectivity index is 4.03. The summed E-state index contributed by atoms with van der Waals surface area (Å²) in [4.78, 5) is 0. The average molecular weight is 221 g/mol. The maximum absolute atomic E-state index is 11.7. The van der Waals surface area contributed by atoms with Crippen molar-refractivity contribution in [2.75, 3.05) is 12.3 Å². The highest BCUT2D eigenvalue weighted by Crippen LogP contribution is 2.18. The Morgan fingerprint density at radius 2 is 1.79 bits per heavy atom. The quantitative estimate of drug-likeness (QED) is 0.766. The van der Waals surface area contributed by atoms with Gasteiger partial charge in [0.15, 0.2) is 9.84 Å². The number of sulfone groups is 1. The van der Waals surface area contributed by atoms with Gasteiger partial charge in [-0.15, -0.1) is 0 Å². The van der Waals surface area contributed by atoms with Gasteiger partial charge in [0.25, 0.3) is 0 Å². The maximum atomic E-state index is 11.7. The largest absolute Gasteiger partial charge is 0.330 e. The highest BCUT2D eigenvalue weighted by molar-refractivity contribution is 7.92. The Hall–Kier alpha value is -0.0900. The SMILES string of the molecule is CC(CN)CCCS(=O)(=O)C(C)(C)C. The minimum Gasteiger partial charge on any atom is -0.330 e. The second-order valence-electron chi connectivity index (χ2n) is 4.91. The predicted octanol–water partition coefficient (Wildman–Crippen LogP) is 1.57. The van der Waals surface area contributed by atoms with Crippen molar-refractivity contribution in [3.63, 3.8) is 0 Å². The van der Waals surface area contributed by atoms with Crippen LogP contribution in [0.15, 0.2) is 0 Å². The Labute approximate surface area is 88.0 Å². The lowest BCUT2D eigenvalue weighted by atomic mass is 10.1. The van der Waals surface area contributed by atoms with E-state index in [1.807, 2.05) is 6.92 Å². The zero-order chi connectivity index (χ0) is 11.4. The number of hydrogen-bond donors (Lipinski definition) is 1. The van der Waals surface area contributed by atoms with E-state index in [2.05, 4.69) is 0 Å². The Kier molecular flexibility index (Phi) is 5.09. The third-order valence-corrected chi connectivity index (χ3v) is 5.14. The van der Waals surface area contributed by atoms with Crippen molar-refractivity contribution in [2.45, 2.75) is 45.3 Å². The van der Waals surface area contributed by atoms with E-state index in [-0.39, 0.29) is 5.75 Å². The van der Waals surface area contributed by atoms with E-state index in [0.717, 1.165) is 12.8 Å². The summed E-state index contributed by atoms with van der Waals surface area (Å²) in [5.41, 5.74) is 5.46. The van der Waals surface area contributed by atoms with E-state index >= 15 is 0 Å². The van der Waals surface area contributed by atoms with E-state index in [0.29, 0.717) is 12.5 Å². The first-order valence-electron chi connectivity index (χ1n) is 5.13. The zero-order valence-corrected chi connectivity index (χ0v) is 10.5. The van der Waals surface area contributed by atoms with Crippen LogP contribution in [0, 0.1) is 5.92 Å². The molecule has 0 aliphatic heterocycles. The van der Waals surface area contributed by atoms with Crippen molar-refractivity contribution in [3.05, 3.63) is 0 Å². The van der Waals surface area contributed by atoms with Crippen molar-refractivity contribution < 1.29 is 8.42 Å². The summed E-state index contributed by atoms with van der Waals surface area (Å²) in [5, 5.41) is 0. The number of rotatable bonds is 5. The fourth-order valence-corrected chi connectivity index (χ4v) is 2.20. The van der Waals surface area contributed by atoms with Gasteiger partial charge in [-0.25, -0.2) is 8.42 Å². The van der Waals surface area contributed by atoms with Crippen LogP contribution in [0.3, 0.4) is 0 Å². The van der Waals surface area contributed by atoms with Crippen LogP contribution < -0.4 is 5.73 Å². The molecule has 0 rings (SSSR count). The molecule has 4 heteroatoms. The van der Waals surface area contributed by atoms with Crippen LogP contribution >= 0.6 is 0 Å². The van der Waals surface area contributed by atoms with E-state index in [4.69, 9.17) is 5.73 Å². The molecule has 2 N–H and O–H groups in total. The molecule has 1 atom stereocenters. The van der Waals surface area contributed by atoms with E-state index in [9.17, 15) is 8.42 Å². The molecule has 14 heavy (non-hydrogen) atoms. The first kappa shape index (κ1) is 13.9. The van der Waals surface area contributed by atoms with Gasteiger partial charge in [-0.05, 0) is 46.1 Å². The molecule has 0 fully saturated rings. The van der Waals surface area contributed by atoms with Gasteiger partial charge in [0.05, 0.1) is 10.5 Å². The van der Waals surface area contributed by atoms with E-state index in [1.165, 1.54) is 0 Å². The molecule has 86 valence electrons.